The maximum absolute atomic E-state index is 12.1. The molecule has 1 N–H and O–H groups in total. The Bertz CT molecular complexity index is 1010. The van der Waals surface area contributed by atoms with E-state index in [-0.39, 0.29) is 24.1 Å². The monoisotopic (exact) mass is 366 g/mol. The highest BCUT2D eigenvalue weighted by molar-refractivity contribution is 5.76. The number of rotatable bonds is 6. The van der Waals surface area contributed by atoms with Gasteiger partial charge in [0, 0.05) is 23.9 Å². The molecule has 7 nitrogen and oxygen atoms in total. The lowest BCUT2D eigenvalue weighted by atomic mass is 10.1. The molecule has 0 bridgehead atoms. The second-order valence-electron chi connectivity index (χ2n) is 6.55. The molecule has 1 amide bonds. The van der Waals surface area contributed by atoms with Crippen molar-refractivity contribution in [3.63, 3.8) is 0 Å². The summed E-state index contributed by atoms with van der Waals surface area (Å²) in [5, 5.41) is 6.86. The Morgan fingerprint density at radius 3 is 2.81 bits per heavy atom. The van der Waals surface area contributed by atoms with E-state index in [1.54, 1.807) is 12.3 Å². The van der Waals surface area contributed by atoms with Crippen molar-refractivity contribution in [1.82, 2.24) is 20.0 Å². The van der Waals surface area contributed by atoms with Gasteiger partial charge in [-0.1, -0.05) is 35.8 Å². The van der Waals surface area contributed by atoms with Crippen LogP contribution in [0.25, 0.3) is 22.8 Å². The number of benzene rings is 1. The van der Waals surface area contributed by atoms with Crippen LogP contribution >= 0.6 is 0 Å². The van der Waals surface area contributed by atoms with Gasteiger partial charge in [-0.3, -0.25) is 9.59 Å². The maximum atomic E-state index is 12.1. The molecule has 0 spiro atoms. The number of carbonyl (C=O) groups excluding carboxylic acids is 1. The van der Waals surface area contributed by atoms with Crippen LogP contribution < -0.4 is 10.9 Å². The third kappa shape index (κ3) is 4.49. The van der Waals surface area contributed by atoms with Gasteiger partial charge in [0.1, 0.15) is 6.54 Å². The zero-order chi connectivity index (χ0) is 19.4. The Morgan fingerprint density at radius 2 is 2.07 bits per heavy atom. The average molecular weight is 366 g/mol. The summed E-state index contributed by atoms with van der Waals surface area (Å²) in [5.74, 6) is 0.554. The van der Waals surface area contributed by atoms with E-state index >= 15 is 0 Å². The number of hydrogen-bond acceptors (Lipinski definition) is 5. The van der Waals surface area contributed by atoms with Crippen molar-refractivity contribution in [2.24, 2.45) is 0 Å². The van der Waals surface area contributed by atoms with Crippen LogP contribution in [-0.4, -0.2) is 26.7 Å². The fourth-order valence-corrected chi connectivity index (χ4v) is 2.60. The number of carbonyl (C=O) groups is 1. The summed E-state index contributed by atoms with van der Waals surface area (Å²) in [4.78, 5) is 28.6. The first-order chi connectivity index (χ1) is 13.0. The molecule has 1 aromatic carbocycles. The van der Waals surface area contributed by atoms with Crippen LogP contribution in [0, 0.1) is 6.92 Å². The van der Waals surface area contributed by atoms with E-state index in [0.717, 1.165) is 17.5 Å². The summed E-state index contributed by atoms with van der Waals surface area (Å²) in [6.45, 7) is 5.84. The quantitative estimate of drug-likeness (QED) is 0.724. The van der Waals surface area contributed by atoms with Crippen LogP contribution in [0.15, 0.2) is 51.9 Å². The first-order valence-electron chi connectivity index (χ1n) is 8.87. The van der Waals surface area contributed by atoms with Crippen LogP contribution in [0.2, 0.25) is 0 Å². The second-order valence-corrected chi connectivity index (χ2v) is 6.55. The van der Waals surface area contributed by atoms with E-state index in [1.165, 1.54) is 10.6 Å². The van der Waals surface area contributed by atoms with Crippen molar-refractivity contribution in [1.29, 1.82) is 0 Å². The molecular formula is C20H22N4O3. The molecule has 140 valence electrons. The highest BCUT2D eigenvalue weighted by Crippen LogP contribution is 2.22. The van der Waals surface area contributed by atoms with Crippen LogP contribution in [0.3, 0.4) is 0 Å². The standard InChI is InChI=1S/C20H22N4O3/c1-4-14(3)21-17(25)12-24-11-16(8-9-18(24)26)20-22-19(23-27-20)15-7-5-6-13(2)10-15/h5-11,14H,4,12H2,1-3H3,(H,21,25)/t14-/m1/s1. The Labute approximate surface area is 157 Å². The smallest absolute Gasteiger partial charge is 0.259 e. The molecule has 7 heteroatoms. The first kappa shape index (κ1) is 18.6. The average Bonchev–Trinajstić information content (AvgIpc) is 3.13. The zero-order valence-corrected chi connectivity index (χ0v) is 15.6. The van der Waals surface area contributed by atoms with Gasteiger partial charge in [-0.15, -0.1) is 0 Å². The molecule has 1 atom stereocenters. The number of aromatic nitrogens is 3. The number of nitrogens with one attached hydrogen (secondary N) is 1. The van der Waals surface area contributed by atoms with Gasteiger partial charge in [0.25, 0.3) is 11.4 Å². The lowest BCUT2D eigenvalue weighted by molar-refractivity contribution is -0.122. The predicted octanol–water partition coefficient (Wildman–Crippen LogP) is 2.79. The minimum atomic E-state index is -0.267. The molecule has 27 heavy (non-hydrogen) atoms. The van der Waals surface area contributed by atoms with Gasteiger partial charge in [0.2, 0.25) is 11.7 Å². The molecule has 2 heterocycles. The molecule has 0 aliphatic rings. The normalized spacial score (nSPS) is 12.0. The van der Waals surface area contributed by atoms with Gasteiger partial charge >= 0.3 is 0 Å². The van der Waals surface area contributed by atoms with Crippen LogP contribution in [0.1, 0.15) is 25.8 Å². The Kier molecular flexibility index (Phi) is 5.49. The molecule has 0 aliphatic heterocycles. The highest BCUT2D eigenvalue weighted by atomic mass is 16.5. The van der Waals surface area contributed by atoms with E-state index < -0.39 is 0 Å². The number of aryl methyl sites for hydroxylation is 1. The van der Waals surface area contributed by atoms with Crippen molar-refractivity contribution < 1.29 is 9.32 Å². The topological polar surface area (TPSA) is 90.0 Å². The van der Waals surface area contributed by atoms with E-state index in [4.69, 9.17) is 4.52 Å². The molecule has 0 saturated heterocycles. The number of amides is 1. The largest absolute Gasteiger partial charge is 0.352 e. The highest BCUT2D eigenvalue weighted by Gasteiger charge is 2.13. The molecular weight excluding hydrogens is 344 g/mol. The molecule has 3 aromatic rings. The maximum Gasteiger partial charge on any atom is 0.259 e. The summed E-state index contributed by atoms with van der Waals surface area (Å²) >= 11 is 0. The van der Waals surface area contributed by atoms with Crippen molar-refractivity contribution >= 4 is 5.91 Å². The Morgan fingerprint density at radius 1 is 1.26 bits per heavy atom. The van der Waals surface area contributed by atoms with E-state index in [2.05, 4.69) is 15.5 Å². The summed E-state index contributed by atoms with van der Waals surface area (Å²) in [5.41, 5.74) is 2.26. The van der Waals surface area contributed by atoms with Crippen LogP contribution in [-0.2, 0) is 11.3 Å². The van der Waals surface area contributed by atoms with Gasteiger partial charge in [-0.05, 0) is 32.4 Å². The number of pyridine rings is 1. The fraction of sp³-hybridized carbons (Fsp3) is 0.300. The van der Waals surface area contributed by atoms with Gasteiger partial charge in [-0.2, -0.15) is 4.98 Å². The van der Waals surface area contributed by atoms with E-state index in [9.17, 15) is 9.59 Å². The number of hydrogen-bond donors (Lipinski definition) is 1. The third-order valence-corrected chi connectivity index (χ3v) is 4.27. The van der Waals surface area contributed by atoms with E-state index in [0.29, 0.717) is 17.3 Å². The third-order valence-electron chi connectivity index (χ3n) is 4.27. The summed E-state index contributed by atoms with van der Waals surface area (Å²) in [6.07, 6.45) is 2.39. The molecule has 0 unspecified atom stereocenters. The first-order valence-corrected chi connectivity index (χ1v) is 8.87. The van der Waals surface area contributed by atoms with Crippen LogP contribution in [0.5, 0.6) is 0 Å². The van der Waals surface area contributed by atoms with E-state index in [1.807, 2.05) is 45.0 Å². The van der Waals surface area contributed by atoms with Crippen molar-refractivity contribution in [3.05, 3.63) is 58.5 Å². The Balaban J connectivity index is 1.84. The van der Waals surface area contributed by atoms with Crippen molar-refractivity contribution in [2.45, 2.75) is 39.8 Å². The summed E-state index contributed by atoms with van der Waals surface area (Å²) < 4.78 is 6.69. The Hall–Kier alpha value is -3.22. The molecule has 0 fully saturated rings. The second kappa shape index (κ2) is 7.99. The van der Waals surface area contributed by atoms with Gasteiger partial charge < -0.3 is 14.4 Å². The lowest BCUT2D eigenvalue weighted by Gasteiger charge is -2.12. The van der Waals surface area contributed by atoms with Crippen molar-refractivity contribution in [3.8, 4) is 22.8 Å². The van der Waals surface area contributed by atoms with Gasteiger partial charge in [-0.25, -0.2) is 0 Å². The van der Waals surface area contributed by atoms with Gasteiger partial charge in [0.05, 0.1) is 5.56 Å². The molecule has 3 rings (SSSR count). The molecule has 2 aromatic heterocycles. The fourth-order valence-electron chi connectivity index (χ4n) is 2.60. The number of nitrogens with zero attached hydrogens (tertiary/aromatic N) is 3. The molecule has 0 saturated carbocycles. The predicted molar refractivity (Wildman–Crippen MR) is 102 cm³/mol. The van der Waals surface area contributed by atoms with Crippen LogP contribution in [0.4, 0.5) is 0 Å². The SMILES string of the molecule is CC[C@@H](C)NC(=O)Cn1cc(-c2nc(-c3cccc(C)c3)no2)ccc1=O. The summed E-state index contributed by atoms with van der Waals surface area (Å²) in [7, 11) is 0. The zero-order valence-electron chi connectivity index (χ0n) is 15.6. The summed E-state index contributed by atoms with van der Waals surface area (Å²) in [6, 6.07) is 10.9. The van der Waals surface area contributed by atoms with Crippen molar-refractivity contribution in [2.75, 3.05) is 0 Å². The molecule has 0 aliphatic carbocycles. The van der Waals surface area contributed by atoms with Gasteiger partial charge in [0.15, 0.2) is 0 Å². The lowest BCUT2D eigenvalue weighted by Crippen LogP contribution is -2.36. The minimum absolute atomic E-state index is 0.0595. The minimum Gasteiger partial charge on any atom is -0.352 e. The molecule has 0 radical (unpaired) electrons.